The topological polar surface area (TPSA) is 62.3 Å². The van der Waals surface area contributed by atoms with Gasteiger partial charge in [-0.15, -0.1) is 11.3 Å². The minimum absolute atomic E-state index is 0.123. The summed E-state index contributed by atoms with van der Waals surface area (Å²) in [6.45, 7) is 2.98. The maximum Gasteiger partial charge on any atom is 0.245 e. The van der Waals surface area contributed by atoms with Gasteiger partial charge < -0.3 is 10.2 Å². The van der Waals surface area contributed by atoms with E-state index in [1.165, 1.54) is 49.9 Å². The van der Waals surface area contributed by atoms with Crippen molar-refractivity contribution in [1.29, 1.82) is 0 Å². The molecule has 0 bridgehead atoms. The van der Waals surface area contributed by atoms with Crippen LogP contribution in [-0.2, 0) is 9.59 Å². The number of anilines is 1. The predicted molar refractivity (Wildman–Crippen MR) is 103 cm³/mol. The molecule has 5 nitrogen and oxygen atoms in total. The van der Waals surface area contributed by atoms with Gasteiger partial charge in [-0.3, -0.25) is 9.59 Å². The van der Waals surface area contributed by atoms with Crippen molar-refractivity contribution in [3.8, 4) is 0 Å². The number of aromatic nitrogens is 1. The van der Waals surface area contributed by atoms with E-state index in [9.17, 15) is 9.59 Å². The number of amides is 2. The van der Waals surface area contributed by atoms with Crippen molar-refractivity contribution in [2.75, 3.05) is 18.4 Å². The molecule has 0 atom stereocenters. The standard InChI is InChI=1S/C19H31N3O2S/c1-2-3-4-7-13-22(15-17(23)21-19-20-12-14-25-19)18(24)11-10-16-8-5-6-9-16/h12,14,16H,2-11,13,15H2,1H3,(H,20,21,23). The molecule has 0 spiro atoms. The molecule has 2 rings (SSSR count). The summed E-state index contributed by atoms with van der Waals surface area (Å²) in [6.07, 6.45) is 12.7. The lowest BCUT2D eigenvalue weighted by Crippen LogP contribution is -2.38. The number of hydrogen-bond acceptors (Lipinski definition) is 4. The zero-order valence-electron chi connectivity index (χ0n) is 15.3. The van der Waals surface area contributed by atoms with E-state index in [4.69, 9.17) is 0 Å². The van der Waals surface area contributed by atoms with Gasteiger partial charge in [0.25, 0.3) is 0 Å². The molecule has 1 aliphatic carbocycles. The lowest BCUT2D eigenvalue weighted by Gasteiger charge is -2.23. The van der Waals surface area contributed by atoms with E-state index >= 15 is 0 Å². The van der Waals surface area contributed by atoms with Crippen LogP contribution in [0.2, 0.25) is 0 Å². The fourth-order valence-corrected chi connectivity index (χ4v) is 3.97. The number of nitrogens with zero attached hydrogens (tertiary/aromatic N) is 2. The van der Waals surface area contributed by atoms with Gasteiger partial charge >= 0.3 is 0 Å². The highest BCUT2D eigenvalue weighted by molar-refractivity contribution is 7.13. The van der Waals surface area contributed by atoms with Crippen molar-refractivity contribution in [3.05, 3.63) is 11.6 Å². The Labute approximate surface area is 155 Å². The second-order valence-corrected chi connectivity index (χ2v) is 7.85. The molecule has 1 aromatic heterocycles. The molecule has 0 aliphatic heterocycles. The Bertz CT molecular complexity index is 513. The molecule has 1 fully saturated rings. The summed E-state index contributed by atoms with van der Waals surface area (Å²) in [6, 6.07) is 0. The van der Waals surface area contributed by atoms with Gasteiger partial charge in [-0.1, -0.05) is 51.9 Å². The fraction of sp³-hybridized carbons (Fsp3) is 0.737. The first kappa shape index (κ1) is 19.9. The van der Waals surface area contributed by atoms with E-state index in [-0.39, 0.29) is 18.4 Å². The van der Waals surface area contributed by atoms with Crippen LogP contribution in [0.15, 0.2) is 11.6 Å². The highest BCUT2D eigenvalue weighted by atomic mass is 32.1. The van der Waals surface area contributed by atoms with Gasteiger partial charge in [-0.25, -0.2) is 4.98 Å². The van der Waals surface area contributed by atoms with E-state index in [1.54, 1.807) is 11.1 Å². The Morgan fingerprint density at radius 1 is 1.28 bits per heavy atom. The Balaban J connectivity index is 1.81. The van der Waals surface area contributed by atoms with Gasteiger partial charge in [0.1, 0.15) is 0 Å². The smallest absolute Gasteiger partial charge is 0.245 e. The molecule has 1 aromatic rings. The Morgan fingerprint density at radius 3 is 2.76 bits per heavy atom. The first-order valence-electron chi connectivity index (χ1n) is 9.66. The Morgan fingerprint density at radius 2 is 2.08 bits per heavy atom. The van der Waals surface area contributed by atoms with Crippen LogP contribution in [0.1, 0.15) is 71.1 Å². The van der Waals surface area contributed by atoms with Crippen LogP contribution in [0.5, 0.6) is 0 Å². The molecule has 1 aliphatic rings. The van der Waals surface area contributed by atoms with Crippen molar-refractivity contribution in [1.82, 2.24) is 9.88 Å². The van der Waals surface area contributed by atoms with Gasteiger partial charge in [-0.2, -0.15) is 0 Å². The molecule has 25 heavy (non-hydrogen) atoms. The Kier molecular flexibility index (Phi) is 8.94. The second kappa shape index (κ2) is 11.2. The SMILES string of the molecule is CCCCCCN(CC(=O)Nc1nccs1)C(=O)CCC1CCCC1. The van der Waals surface area contributed by atoms with Crippen molar-refractivity contribution < 1.29 is 9.59 Å². The van der Waals surface area contributed by atoms with Gasteiger partial charge in [0.05, 0.1) is 6.54 Å². The van der Waals surface area contributed by atoms with Crippen molar-refractivity contribution in [2.24, 2.45) is 5.92 Å². The van der Waals surface area contributed by atoms with E-state index in [0.717, 1.165) is 19.3 Å². The van der Waals surface area contributed by atoms with Crippen LogP contribution in [0, 0.1) is 5.92 Å². The van der Waals surface area contributed by atoms with Crippen LogP contribution in [-0.4, -0.2) is 34.8 Å². The monoisotopic (exact) mass is 365 g/mol. The number of rotatable bonds is 11. The zero-order chi connectivity index (χ0) is 17.9. The number of unbranched alkanes of at least 4 members (excludes halogenated alkanes) is 3. The third-order valence-corrected chi connectivity index (χ3v) is 5.58. The second-order valence-electron chi connectivity index (χ2n) is 6.95. The number of thiazole rings is 1. The molecule has 140 valence electrons. The molecular weight excluding hydrogens is 334 g/mol. The van der Waals surface area contributed by atoms with E-state index in [2.05, 4.69) is 17.2 Å². The molecule has 0 unspecified atom stereocenters. The third kappa shape index (κ3) is 7.55. The zero-order valence-corrected chi connectivity index (χ0v) is 16.2. The number of nitrogens with one attached hydrogen (secondary N) is 1. The minimum Gasteiger partial charge on any atom is -0.333 e. The van der Waals surface area contributed by atoms with Crippen LogP contribution < -0.4 is 5.32 Å². The average Bonchev–Trinajstić information content (AvgIpc) is 3.29. The van der Waals surface area contributed by atoms with Crippen molar-refractivity contribution >= 4 is 28.3 Å². The summed E-state index contributed by atoms with van der Waals surface area (Å²) in [5, 5.41) is 5.20. The van der Waals surface area contributed by atoms with Crippen molar-refractivity contribution in [3.63, 3.8) is 0 Å². The number of carbonyl (C=O) groups excluding carboxylic acids is 2. The van der Waals surface area contributed by atoms with Crippen molar-refractivity contribution in [2.45, 2.75) is 71.1 Å². The van der Waals surface area contributed by atoms with E-state index in [1.807, 2.05) is 5.38 Å². The predicted octanol–water partition coefficient (Wildman–Crippen LogP) is 4.46. The minimum atomic E-state index is -0.153. The first-order valence-corrected chi connectivity index (χ1v) is 10.5. The van der Waals surface area contributed by atoms with Crippen LogP contribution in [0.25, 0.3) is 0 Å². The number of carbonyl (C=O) groups is 2. The van der Waals surface area contributed by atoms with Crippen LogP contribution >= 0.6 is 11.3 Å². The van der Waals surface area contributed by atoms with Gasteiger partial charge in [0.2, 0.25) is 11.8 Å². The average molecular weight is 366 g/mol. The normalized spacial score (nSPS) is 14.6. The molecular formula is C19H31N3O2S. The lowest BCUT2D eigenvalue weighted by atomic mass is 10.0. The summed E-state index contributed by atoms with van der Waals surface area (Å²) in [7, 11) is 0. The molecule has 0 saturated heterocycles. The third-order valence-electron chi connectivity index (χ3n) is 4.89. The summed E-state index contributed by atoms with van der Waals surface area (Å²) < 4.78 is 0. The summed E-state index contributed by atoms with van der Waals surface area (Å²) in [5.74, 6) is 0.674. The van der Waals surface area contributed by atoms with Crippen LogP contribution in [0.4, 0.5) is 5.13 Å². The maximum atomic E-state index is 12.6. The summed E-state index contributed by atoms with van der Waals surface area (Å²) >= 11 is 1.39. The van der Waals surface area contributed by atoms with E-state index < -0.39 is 0 Å². The van der Waals surface area contributed by atoms with Crippen LogP contribution in [0.3, 0.4) is 0 Å². The lowest BCUT2D eigenvalue weighted by molar-refractivity contribution is -0.135. The molecule has 1 saturated carbocycles. The number of hydrogen-bond donors (Lipinski definition) is 1. The molecule has 1 heterocycles. The summed E-state index contributed by atoms with van der Waals surface area (Å²) in [5.41, 5.74) is 0. The quantitative estimate of drug-likeness (QED) is 0.589. The molecule has 2 amide bonds. The van der Waals surface area contributed by atoms with Gasteiger partial charge in [0.15, 0.2) is 5.13 Å². The summed E-state index contributed by atoms with van der Waals surface area (Å²) in [4.78, 5) is 30.7. The first-order chi connectivity index (χ1) is 12.2. The molecule has 0 radical (unpaired) electrons. The molecule has 1 N–H and O–H groups in total. The Hall–Kier alpha value is -1.43. The van der Waals surface area contributed by atoms with Gasteiger partial charge in [0, 0.05) is 24.5 Å². The largest absolute Gasteiger partial charge is 0.333 e. The fourth-order valence-electron chi connectivity index (χ4n) is 3.42. The highest BCUT2D eigenvalue weighted by Gasteiger charge is 2.21. The highest BCUT2D eigenvalue weighted by Crippen LogP contribution is 2.28. The van der Waals surface area contributed by atoms with E-state index in [0.29, 0.717) is 24.0 Å². The maximum absolute atomic E-state index is 12.6. The molecule has 6 heteroatoms. The van der Waals surface area contributed by atoms with Gasteiger partial charge in [-0.05, 0) is 18.8 Å². The molecule has 0 aromatic carbocycles.